The molecule has 0 aliphatic heterocycles. The maximum Gasteiger partial charge on any atom is 0.119 e. The molecule has 130 valence electrons. The van der Waals surface area contributed by atoms with Crippen LogP contribution in [0.2, 0.25) is 0 Å². The molecule has 24 heavy (non-hydrogen) atoms. The molecule has 2 nitrogen and oxygen atoms in total. The van der Waals surface area contributed by atoms with Gasteiger partial charge in [-0.2, -0.15) is 0 Å². The van der Waals surface area contributed by atoms with Gasteiger partial charge in [-0.15, -0.1) is 0 Å². The van der Waals surface area contributed by atoms with Crippen LogP contribution in [0.3, 0.4) is 0 Å². The number of aliphatic hydroxyl groups is 1. The zero-order valence-corrected chi connectivity index (χ0v) is 16.8. The summed E-state index contributed by atoms with van der Waals surface area (Å²) in [4.78, 5) is 0. The number of benzene rings is 1. The van der Waals surface area contributed by atoms with Gasteiger partial charge in [-0.3, -0.25) is 0 Å². The van der Waals surface area contributed by atoms with Crippen molar-refractivity contribution < 1.29 is 9.84 Å². The Morgan fingerprint density at radius 1 is 1.25 bits per heavy atom. The first-order valence-electron chi connectivity index (χ1n) is 9.19. The molecule has 4 rings (SSSR count). The molecular weight excluding hydrogens is 409 g/mol. The Balaban J connectivity index is 1.68. The van der Waals surface area contributed by atoms with Gasteiger partial charge in [0.25, 0.3) is 0 Å². The van der Waals surface area contributed by atoms with Gasteiger partial charge in [-0.25, -0.2) is 0 Å². The van der Waals surface area contributed by atoms with E-state index in [9.17, 15) is 5.11 Å². The van der Waals surface area contributed by atoms with Crippen LogP contribution >= 0.6 is 22.6 Å². The third-order valence-electron chi connectivity index (χ3n) is 7.49. The zero-order valence-electron chi connectivity index (χ0n) is 14.6. The third kappa shape index (κ3) is 2.30. The topological polar surface area (TPSA) is 29.5 Å². The van der Waals surface area contributed by atoms with Gasteiger partial charge < -0.3 is 9.84 Å². The number of methoxy groups -OCH3 is 1. The Morgan fingerprint density at radius 2 is 2.08 bits per heavy atom. The average molecular weight is 436 g/mol. The van der Waals surface area contributed by atoms with Crippen LogP contribution in [0.4, 0.5) is 0 Å². The van der Waals surface area contributed by atoms with Crippen LogP contribution in [0, 0.1) is 17.3 Å². The molecular formula is C21H27IO2. The Hall–Kier alpha value is -0.550. The quantitative estimate of drug-likeness (QED) is 0.644. The predicted octanol–water partition coefficient (Wildman–Crippen LogP) is 5.23. The summed E-state index contributed by atoms with van der Waals surface area (Å²) in [6, 6.07) is 6.67. The Kier molecular flexibility index (Phi) is 4.23. The van der Waals surface area contributed by atoms with Crippen molar-refractivity contribution in [3.05, 3.63) is 39.5 Å². The molecule has 0 saturated heterocycles. The molecule has 0 unspecified atom stereocenters. The lowest BCUT2D eigenvalue weighted by atomic mass is 9.53. The molecule has 2 saturated carbocycles. The van der Waals surface area contributed by atoms with Gasteiger partial charge in [0.15, 0.2) is 0 Å². The summed E-state index contributed by atoms with van der Waals surface area (Å²) in [6.07, 6.45) is 8.90. The number of rotatable bonds is 2. The monoisotopic (exact) mass is 436 g/mol. The van der Waals surface area contributed by atoms with Gasteiger partial charge in [-0.05, 0) is 89.7 Å². The third-order valence-corrected chi connectivity index (χ3v) is 7.85. The molecule has 0 radical (unpaired) electrons. The van der Waals surface area contributed by atoms with Crippen molar-refractivity contribution >= 4 is 22.6 Å². The molecule has 0 spiro atoms. The van der Waals surface area contributed by atoms with Crippen molar-refractivity contribution in [1.29, 1.82) is 0 Å². The highest BCUT2D eigenvalue weighted by molar-refractivity contribution is 14.1. The van der Waals surface area contributed by atoms with Crippen LogP contribution in [0.1, 0.15) is 56.1 Å². The first kappa shape index (κ1) is 16.9. The smallest absolute Gasteiger partial charge is 0.119 e. The van der Waals surface area contributed by atoms with Crippen molar-refractivity contribution in [2.45, 2.75) is 57.0 Å². The van der Waals surface area contributed by atoms with E-state index in [4.69, 9.17) is 4.74 Å². The van der Waals surface area contributed by atoms with E-state index in [0.717, 1.165) is 30.9 Å². The van der Waals surface area contributed by atoms with Gasteiger partial charge in [-0.1, -0.05) is 35.6 Å². The van der Waals surface area contributed by atoms with Crippen LogP contribution in [0.5, 0.6) is 5.75 Å². The van der Waals surface area contributed by atoms with E-state index < -0.39 is 5.60 Å². The number of hydrogen-bond donors (Lipinski definition) is 1. The summed E-state index contributed by atoms with van der Waals surface area (Å²) in [6.45, 7) is 2.35. The average Bonchev–Trinajstić information content (AvgIpc) is 2.86. The van der Waals surface area contributed by atoms with E-state index in [1.807, 2.05) is 4.08 Å². The molecule has 1 N–H and O–H groups in total. The van der Waals surface area contributed by atoms with E-state index in [1.54, 1.807) is 12.7 Å². The van der Waals surface area contributed by atoms with Crippen molar-refractivity contribution in [3.8, 4) is 5.75 Å². The number of ether oxygens (including phenoxy) is 1. The standard InChI is InChI=1S/C21H27IO2/c1-20-9-7-17-16-6-4-15(24-2)13-14(16)3-5-18(17)19(20)8-10-21(20,23)11-12-22/h4,6,11-13,17-19,23H,3,5,7-10H2,1-2H3/b12-11+/t17-,18-,19+,20+,21-/m1/s1/i22-2. The highest BCUT2D eigenvalue weighted by atomic mass is 125. The molecule has 0 bridgehead atoms. The highest BCUT2D eigenvalue weighted by Gasteiger charge is 2.60. The fourth-order valence-corrected chi connectivity index (χ4v) is 6.71. The fraction of sp³-hybridized carbons (Fsp3) is 0.619. The Bertz CT molecular complexity index is 670. The van der Waals surface area contributed by atoms with E-state index >= 15 is 0 Å². The van der Waals surface area contributed by atoms with Gasteiger partial charge in [0.1, 0.15) is 5.75 Å². The van der Waals surface area contributed by atoms with Crippen molar-refractivity contribution in [2.24, 2.45) is 17.3 Å². The summed E-state index contributed by atoms with van der Waals surface area (Å²) < 4.78 is 7.43. The minimum Gasteiger partial charge on any atom is -0.497 e. The van der Waals surface area contributed by atoms with Crippen molar-refractivity contribution in [2.75, 3.05) is 7.11 Å². The number of hydrogen-bond acceptors (Lipinski definition) is 2. The van der Waals surface area contributed by atoms with Gasteiger partial charge in [0.05, 0.1) is 12.7 Å². The first-order chi connectivity index (χ1) is 11.5. The summed E-state index contributed by atoms with van der Waals surface area (Å²) in [5.74, 6) is 3.02. The molecule has 3 aliphatic rings. The predicted molar refractivity (Wildman–Crippen MR) is 106 cm³/mol. The molecule has 3 aliphatic carbocycles. The van der Waals surface area contributed by atoms with E-state index in [2.05, 4.69) is 53.8 Å². The molecule has 5 atom stereocenters. The summed E-state index contributed by atoms with van der Waals surface area (Å²) in [5, 5.41) is 11.3. The van der Waals surface area contributed by atoms with Gasteiger partial charge >= 0.3 is 0 Å². The second-order valence-corrected chi connectivity index (χ2v) is 8.91. The minimum absolute atomic E-state index is 0.0415. The van der Waals surface area contributed by atoms with E-state index in [1.165, 1.54) is 24.8 Å². The number of fused-ring (bicyclic) bond motifs is 5. The van der Waals surface area contributed by atoms with Crippen LogP contribution < -0.4 is 4.74 Å². The Labute approximate surface area is 158 Å². The first-order valence-corrected chi connectivity index (χ1v) is 10.4. The lowest BCUT2D eigenvalue weighted by Crippen LogP contribution is -2.49. The molecule has 0 amide bonds. The second kappa shape index (κ2) is 6.01. The molecule has 0 heterocycles. The van der Waals surface area contributed by atoms with Crippen molar-refractivity contribution in [1.82, 2.24) is 0 Å². The second-order valence-electron chi connectivity index (χ2n) is 8.19. The lowest BCUT2D eigenvalue weighted by molar-refractivity contribution is -0.0708. The Morgan fingerprint density at radius 3 is 2.83 bits per heavy atom. The van der Waals surface area contributed by atoms with Gasteiger partial charge in [0, 0.05) is 5.41 Å². The molecule has 0 aromatic heterocycles. The summed E-state index contributed by atoms with van der Waals surface area (Å²) in [5.41, 5.74) is 2.47. The van der Waals surface area contributed by atoms with Crippen LogP contribution in [-0.2, 0) is 6.42 Å². The molecule has 1 aromatic rings. The van der Waals surface area contributed by atoms with Crippen molar-refractivity contribution in [3.63, 3.8) is 0 Å². The maximum atomic E-state index is 11.3. The fourth-order valence-electron chi connectivity index (χ4n) is 6.11. The minimum atomic E-state index is -0.607. The maximum absolute atomic E-state index is 11.3. The summed E-state index contributed by atoms with van der Waals surface area (Å²) in [7, 11) is 1.75. The SMILES string of the molecule is COc1ccc2c(c1)CC[C@@H]1[C@@H]2CC[C@@]2(C)[C@H]1CC[C@@]2(O)/C=C/[125I]. The number of halogens is 1. The van der Waals surface area contributed by atoms with Crippen LogP contribution in [-0.4, -0.2) is 17.8 Å². The molecule has 3 heteroatoms. The zero-order chi connectivity index (χ0) is 16.9. The largest absolute Gasteiger partial charge is 0.497 e. The normalized spacial score (nSPS) is 40.9. The van der Waals surface area contributed by atoms with Crippen LogP contribution in [0.15, 0.2) is 28.4 Å². The summed E-state index contributed by atoms with van der Waals surface area (Å²) >= 11 is 2.25. The molecule has 1 aromatic carbocycles. The van der Waals surface area contributed by atoms with Crippen LogP contribution in [0.25, 0.3) is 0 Å². The lowest BCUT2D eigenvalue weighted by Gasteiger charge is -2.52. The molecule has 2 fully saturated rings. The number of aryl methyl sites for hydroxylation is 1. The highest BCUT2D eigenvalue weighted by Crippen LogP contribution is 2.64. The van der Waals surface area contributed by atoms with Gasteiger partial charge in [0.2, 0.25) is 0 Å². The van der Waals surface area contributed by atoms with E-state index in [0.29, 0.717) is 11.8 Å². The van der Waals surface area contributed by atoms with E-state index in [-0.39, 0.29) is 5.41 Å².